The molecule has 1 atom stereocenters. The van der Waals surface area contributed by atoms with Gasteiger partial charge in [-0.1, -0.05) is 59.0 Å². The zero-order chi connectivity index (χ0) is 25.6. The fourth-order valence-corrected chi connectivity index (χ4v) is 4.53. The number of nitrogens with one attached hydrogen (secondary N) is 1. The van der Waals surface area contributed by atoms with Crippen LogP contribution in [0.25, 0.3) is 0 Å². The zero-order valence-electron chi connectivity index (χ0n) is 19.4. The lowest BCUT2D eigenvalue weighted by Gasteiger charge is -2.31. The minimum Gasteiger partial charge on any atom is -0.354 e. The van der Waals surface area contributed by atoms with Crippen molar-refractivity contribution in [1.29, 1.82) is 0 Å². The van der Waals surface area contributed by atoms with Crippen molar-refractivity contribution in [2.45, 2.75) is 33.4 Å². The Morgan fingerprint density at radius 1 is 1.03 bits per heavy atom. The monoisotopic (exact) mass is 591 g/mol. The lowest BCUT2D eigenvalue weighted by molar-refractivity contribution is -0.139. The molecule has 0 bridgehead atoms. The number of rotatable bonds is 10. The molecule has 0 fully saturated rings. The van der Waals surface area contributed by atoms with Crippen molar-refractivity contribution < 1.29 is 18.0 Å². The van der Waals surface area contributed by atoms with Crippen LogP contribution in [-0.4, -0.2) is 50.5 Å². The summed E-state index contributed by atoms with van der Waals surface area (Å²) in [6.07, 6.45) is 1.03. The molecule has 0 heterocycles. The molecular formula is C23H28BrCl2N3O4S. The van der Waals surface area contributed by atoms with Crippen LogP contribution >= 0.6 is 39.1 Å². The molecule has 34 heavy (non-hydrogen) atoms. The highest BCUT2D eigenvalue weighted by Gasteiger charge is 2.30. The van der Waals surface area contributed by atoms with E-state index in [1.165, 1.54) is 4.90 Å². The van der Waals surface area contributed by atoms with Crippen molar-refractivity contribution in [2.75, 3.05) is 23.7 Å². The van der Waals surface area contributed by atoms with Crippen LogP contribution in [0.3, 0.4) is 0 Å². The Balaban J connectivity index is 2.38. The molecular weight excluding hydrogens is 565 g/mol. The molecule has 0 aliphatic rings. The highest BCUT2D eigenvalue weighted by molar-refractivity contribution is 9.10. The van der Waals surface area contributed by atoms with E-state index >= 15 is 0 Å². The van der Waals surface area contributed by atoms with E-state index in [1.807, 2.05) is 13.8 Å². The number of anilines is 1. The molecule has 7 nitrogen and oxygen atoms in total. The Hall–Kier alpha value is -1.81. The molecule has 11 heteroatoms. The molecule has 1 N–H and O–H groups in total. The molecule has 0 aliphatic carbocycles. The van der Waals surface area contributed by atoms with Gasteiger partial charge in [-0.3, -0.25) is 13.9 Å². The smallest absolute Gasteiger partial charge is 0.244 e. The van der Waals surface area contributed by atoms with Gasteiger partial charge in [-0.15, -0.1) is 0 Å². The summed E-state index contributed by atoms with van der Waals surface area (Å²) in [5.41, 5.74) is 0.992. The van der Waals surface area contributed by atoms with E-state index in [1.54, 1.807) is 49.4 Å². The fourth-order valence-electron chi connectivity index (χ4n) is 3.09. The standard InChI is InChI=1S/C23H28BrCl2N3O4S/c1-15(2)12-27-23(31)16(3)28(13-17-5-10-20(25)21(26)11-17)22(30)14-29(34(4,32)33)19-8-6-18(24)7-9-19/h5-11,15-16H,12-14H2,1-4H3,(H,27,31)/t16-/m0/s1. The minimum atomic E-state index is -3.78. The molecule has 0 saturated heterocycles. The van der Waals surface area contributed by atoms with Crippen molar-refractivity contribution in [3.05, 3.63) is 62.5 Å². The molecule has 0 radical (unpaired) electrons. The first-order valence-electron chi connectivity index (χ1n) is 10.5. The van der Waals surface area contributed by atoms with Gasteiger partial charge in [0, 0.05) is 17.6 Å². The molecule has 0 aromatic heterocycles. The summed E-state index contributed by atoms with van der Waals surface area (Å²) in [6, 6.07) is 10.6. The van der Waals surface area contributed by atoms with Gasteiger partial charge in [0.25, 0.3) is 0 Å². The number of nitrogens with zero attached hydrogens (tertiary/aromatic N) is 2. The van der Waals surface area contributed by atoms with Crippen LogP contribution < -0.4 is 9.62 Å². The summed E-state index contributed by atoms with van der Waals surface area (Å²) in [5, 5.41) is 3.51. The second kappa shape index (κ2) is 12.2. The van der Waals surface area contributed by atoms with E-state index in [-0.39, 0.29) is 18.4 Å². The third-order valence-corrected chi connectivity index (χ3v) is 7.39. The second-order valence-electron chi connectivity index (χ2n) is 8.33. The molecule has 0 unspecified atom stereocenters. The average Bonchev–Trinajstić information content (AvgIpc) is 2.75. The van der Waals surface area contributed by atoms with E-state index in [0.29, 0.717) is 27.8 Å². The summed E-state index contributed by atoms with van der Waals surface area (Å²) in [7, 11) is -3.78. The topological polar surface area (TPSA) is 86.8 Å². The van der Waals surface area contributed by atoms with Crippen LogP contribution in [0.1, 0.15) is 26.3 Å². The van der Waals surface area contributed by atoms with Gasteiger partial charge in [0.2, 0.25) is 21.8 Å². The van der Waals surface area contributed by atoms with E-state index in [4.69, 9.17) is 23.2 Å². The molecule has 0 spiro atoms. The Morgan fingerprint density at radius 3 is 2.18 bits per heavy atom. The predicted octanol–water partition coefficient (Wildman–Crippen LogP) is 4.71. The van der Waals surface area contributed by atoms with Crippen molar-refractivity contribution in [2.24, 2.45) is 5.92 Å². The van der Waals surface area contributed by atoms with Gasteiger partial charge in [-0.25, -0.2) is 8.42 Å². The Kier molecular flexibility index (Phi) is 10.2. The summed E-state index contributed by atoms with van der Waals surface area (Å²) in [5.74, 6) is -0.642. The third kappa shape index (κ3) is 8.15. The minimum absolute atomic E-state index is 0.0456. The maximum Gasteiger partial charge on any atom is 0.244 e. The Labute approximate surface area is 219 Å². The number of carbonyl (C=O) groups excluding carboxylic acids is 2. The number of amides is 2. The van der Waals surface area contributed by atoms with Crippen LogP contribution in [0.4, 0.5) is 5.69 Å². The number of hydrogen-bond acceptors (Lipinski definition) is 4. The summed E-state index contributed by atoms with van der Waals surface area (Å²) in [6.45, 7) is 5.56. The summed E-state index contributed by atoms with van der Waals surface area (Å²) >= 11 is 15.5. The molecule has 186 valence electrons. The average molecular weight is 593 g/mol. The van der Waals surface area contributed by atoms with Crippen LogP contribution in [0.5, 0.6) is 0 Å². The van der Waals surface area contributed by atoms with E-state index in [2.05, 4.69) is 21.2 Å². The lowest BCUT2D eigenvalue weighted by atomic mass is 10.1. The van der Waals surface area contributed by atoms with Crippen molar-refractivity contribution >= 4 is 66.7 Å². The number of halogens is 3. The number of benzene rings is 2. The maximum absolute atomic E-state index is 13.5. The Morgan fingerprint density at radius 2 is 1.65 bits per heavy atom. The number of carbonyl (C=O) groups is 2. The van der Waals surface area contributed by atoms with Gasteiger partial charge < -0.3 is 10.2 Å². The normalized spacial score (nSPS) is 12.4. The molecule has 2 rings (SSSR count). The second-order valence-corrected chi connectivity index (χ2v) is 12.0. The summed E-state index contributed by atoms with van der Waals surface area (Å²) < 4.78 is 26.8. The van der Waals surface area contributed by atoms with Crippen molar-refractivity contribution in [3.63, 3.8) is 0 Å². The first-order valence-corrected chi connectivity index (χ1v) is 13.9. The highest BCUT2D eigenvalue weighted by atomic mass is 79.9. The Bertz CT molecular complexity index is 1130. The molecule has 0 aliphatic heterocycles. The fraction of sp³-hybridized carbons (Fsp3) is 0.391. The maximum atomic E-state index is 13.5. The lowest BCUT2D eigenvalue weighted by Crippen LogP contribution is -2.51. The first-order chi connectivity index (χ1) is 15.8. The summed E-state index contributed by atoms with van der Waals surface area (Å²) in [4.78, 5) is 27.6. The highest BCUT2D eigenvalue weighted by Crippen LogP contribution is 2.25. The van der Waals surface area contributed by atoms with E-state index in [0.717, 1.165) is 15.0 Å². The molecule has 0 saturated carbocycles. The first kappa shape index (κ1) is 28.4. The number of sulfonamides is 1. The van der Waals surface area contributed by atoms with Gasteiger partial charge >= 0.3 is 0 Å². The van der Waals surface area contributed by atoms with Crippen molar-refractivity contribution in [1.82, 2.24) is 10.2 Å². The van der Waals surface area contributed by atoms with Gasteiger partial charge in [-0.05, 0) is 54.8 Å². The zero-order valence-corrected chi connectivity index (χ0v) is 23.3. The van der Waals surface area contributed by atoms with Gasteiger partial charge in [0.1, 0.15) is 12.6 Å². The van der Waals surface area contributed by atoms with Crippen LogP contribution in [-0.2, 0) is 26.2 Å². The van der Waals surface area contributed by atoms with E-state index < -0.39 is 28.5 Å². The van der Waals surface area contributed by atoms with Gasteiger partial charge in [0.15, 0.2) is 0 Å². The van der Waals surface area contributed by atoms with Gasteiger partial charge in [-0.2, -0.15) is 0 Å². The third-order valence-electron chi connectivity index (χ3n) is 4.98. The van der Waals surface area contributed by atoms with Gasteiger partial charge in [0.05, 0.1) is 22.0 Å². The predicted molar refractivity (Wildman–Crippen MR) is 141 cm³/mol. The quantitative estimate of drug-likeness (QED) is 0.433. The molecule has 2 aromatic rings. The van der Waals surface area contributed by atoms with E-state index in [9.17, 15) is 18.0 Å². The number of hydrogen-bond donors (Lipinski definition) is 1. The molecule has 2 amide bonds. The largest absolute Gasteiger partial charge is 0.354 e. The SMILES string of the molecule is CC(C)CNC(=O)[C@H](C)N(Cc1ccc(Cl)c(Cl)c1)C(=O)CN(c1ccc(Br)cc1)S(C)(=O)=O. The van der Waals surface area contributed by atoms with Crippen LogP contribution in [0, 0.1) is 5.92 Å². The van der Waals surface area contributed by atoms with Crippen LogP contribution in [0.2, 0.25) is 10.0 Å². The van der Waals surface area contributed by atoms with Crippen LogP contribution in [0.15, 0.2) is 46.9 Å². The van der Waals surface area contributed by atoms with Crippen molar-refractivity contribution in [3.8, 4) is 0 Å². The molecule has 2 aromatic carbocycles.